The highest BCUT2D eigenvalue weighted by Gasteiger charge is 2.34. The zero-order valence-electron chi connectivity index (χ0n) is 6.49. The maximum absolute atomic E-state index is 5.42. The van der Waals surface area contributed by atoms with E-state index in [2.05, 4.69) is 12.2 Å². The molecule has 0 amide bonds. The third-order valence-corrected chi connectivity index (χ3v) is 2.76. The Labute approximate surface area is 75.0 Å². The van der Waals surface area contributed by atoms with Crippen LogP contribution in [0.25, 0.3) is 12.2 Å². The molecular formula is C10H8OS. The molecule has 2 aliphatic carbocycles. The lowest BCUT2D eigenvalue weighted by Crippen LogP contribution is -2.26. The summed E-state index contributed by atoms with van der Waals surface area (Å²) >= 11 is 4.95. The van der Waals surface area contributed by atoms with Crippen molar-refractivity contribution in [2.45, 2.75) is 6.42 Å². The van der Waals surface area contributed by atoms with Crippen LogP contribution in [0.5, 0.6) is 0 Å². The van der Waals surface area contributed by atoms with Gasteiger partial charge in [0, 0.05) is 5.22 Å². The molecule has 3 rings (SSSR count). The smallest absolute Gasteiger partial charge is 0.190 e. The van der Waals surface area contributed by atoms with Crippen molar-refractivity contribution < 1.29 is 4.42 Å². The summed E-state index contributed by atoms with van der Waals surface area (Å²) in [7, 11) is 0. The summed E-state index contributed by atoms with van der Waals surface area (Å²) in [5.74, 6) is 1.52. The Balaban J connectivity index is 2.45. The number of fused-ring (bicyclic) bond motifs is 2. The van der Waals surface area contributed by atoms with Crippen molar-refractivity contribution in [2.24, 2.45) is 11.8 Å². The molecule has 1 aromatic rings. The van der Waals surface area contributed by atoms with Gasteiger partial charge in [-0.1, -0.05) is 6.08 Å². The molecule has 1 saturated carbocycles. The van der Waals surface area contributed by atoms with Crippen LogP contribution in [-0.2, 0) is 0 Å². The molecule has 1 heterocycles. The molecule has 0 radical (unpaired) electrons. The van der Waals surface area contributed by atoms with Crippen molar-refractivity contribution in [1.29, 1.82) is 0 Å². The van der Waals surface area contributed by atoms with Crippen molar-refractivity contribution in [3.63, 3.8) is 0 Å². The monoisotopic (exact) mass is 176 g/mol. The molecule has 0 saturated heterocycles. The van der Waals surface area contributed by atoms with Crippen molar-refractivity contribution in [3.05, 3.63) is 27.5 Å². The van der Waals surface area contributed by atoms with Gasteiger partial charge in [0.1, 0.15) is 5.42 Å². The van der Waals surface area contributed by atoms with E-state index in [-0.39, 0.29) is 0 Å². The SMILES string of the molecule is S=c1ccc2c(o1)=CC1CC1C=2. The van der Waals surface area contributed by atoms with E-state index in [9.17, 15) is 0 Å². The van der Waals surface area contributed by atoms with Gasteiger partial charge in [-0.15, -0.1) is 0 Å². The van der Waals surface area contributed by atoms with Crippen LogP contribution >= 0.6 is 12.2 Å². The lowest BCUT2D eigenvalue weighted by molar-refractivity contribution is 0.491. The predicted octanol–water partition coefficient (Wildman–Crippen LogP) is 1.22. The van der Waals surface area contributed by atoms with Crippen LogP contribution < -0.4 is 10.6 Å². The predicted molar refractivity (Wildman–Crippen MR) is 49.3 cm³/mol. The summed E-state index contributed by atoms with van der Waals surface area (Å²) in [4.78, 5) is 0. The van der Waals surface area contributed by atoms with Crippen LogP contribution in [0, 0.1) is 16.5 Å². The van der Waals surface area contributed by atoms with Crippen molar-refractivity contribution >= 4 is 24.4 Å². The number of hydrogen-bond acceptors (Lipinski definition) is 2. The summed E-state index contributed by atoms with van der Waals surface area (Å²) in [6.45, 7) is 0. The third-order valence-electron chi connectivity index (χ3n) is 2.54. The van der Waals surface area contributed by atoms with E-state index in [1.54, 1.807) is 0 Å². The molecular weight excluding hydrogens is 168 g/mol. The van der Waals surface area contributed by atoms with Crippen molar-refractivity contribution in [1.82, 2.24) is 0 Å². The molecule has 2 aliphatic rings. The van der Waals surface area contributed by atoms with Gasteiger partial charge in [-0.3, -0.25) is 0 Å². The fraction of sp³-hybridized carbons (Fsp3) is 0.300. The minimum Gasteiger partial charge on any atom is -0.446 e. The van der Waals surface area contributed by atoms with Crippen LogP contribution in [-0.4, -0.2) is 0 Å². The lowest BCUT2D eigenvalue weighted by atomic mass is 10.2. The molecule has 2 unspecified atom stereocenters. The molecule has 1 fully saturated rings. The van der Waals surface area contributed by atoms with Crippen LogP contribution in [0.4, 0.5) is 0 Å². The van der Waals surface area contributed by atoms with Crippen LogP contribution in [0.15, 0.2) is 16.5 Å². The first-order valence-electron chi connectivity index (χ1n) is 4.17. The molecule has 0 N–H and O–H groups in total. The number of hydrogen-bond donors (Lipinski definition) is 0. The third kappa shape index (κ3) is 0.879. The van der Waals surface area contributed by atoms with E-state index < -0.39 is 0 Å². The fourth-order valence-corrected chi connectivity index (χ4v) is 1.91. The fourth-order valence-electron chi connectivity index (χ4n) is 1.75. The van der Waals surface area contributed by atoms with Crippen LogP contribution in [0.3, 0.4) is 0 Å². The van der Waals surface area contributed by atoms with Gasteiger partial charge in [-0.2, -0.15) is 0 Å². The Hall–Kier alpha value is -0.890. The first kappa shape index (κ1) is 6.61. The number of rotatable bonds is 0. The normalized spacial score (nSPS) is 29.3. The highest BCUT2D eigenvalue weighted by molar-refractivity contribution is 7.71. The Morgan fingerprint density at radius 3 is 3.00 bits per heavy atom. The van der Waals surface area contributed by atoms with Gasteiger partial charge in [0.15, 0.2) is 4.71 Å². The second-order valence-corrected chi connectivity index (χ2v) is 3.87. The van der Waals surface area contributed by atoms with Gasteiger partial charge >= 0.3 is 0 Å². The molecule has 2 heteroatoms. The van der Waals surface area contributed by atoms with Gasteiger partial charge in [0.05, 0.1) is 0 Å². The molecule has 60 valence electrons. The Bertz CT molecular complexity index is 497. The average molecular weight is 176 g/mol. The lowest BCUT2D eigenvalue weighted by Gasteiger charge is -1.96. The van der Waals surface area contributed by atoms with Gasteiger partial charge < -0.3 is 4.42 Å². The maximum Gasteiger partial charge on any atom is 0.190 e. The first-order valence-corrected chi connectivity index (χ1v) is 4.58. The van der Waals surface area contributed by atoms with E-state index in [4.69, 9.17) is 16.6 Å². The highest BCUT2D eigenvalue weighted by Crippen LogP contribution is 2.41. The van der Waals surface area contributed by atoms with Crippen LogP contribution in [0.1, 0.15) is 6.42 Å². The van der Waals surface area contributed by atoms with Gasteiger partial charge in [-0.05, 0) is 48.7 Å². The summed E-state index contributed by atoms with van der Waals surface area (Å²) in [6, 6.07) is 3.90. The Morgan fingerprint density at radius 1 is 1.25 bits per heavy atom. The molecule has 2 atom stereocenters. The van der Waals surface area contributed by atoms with E-state index in [0.717, 1.165) is 17.3 Å². The molecule has 12 heavy (non-hydrogen) atoms. The Kier molecular flexibility index (Phi) is 1.14. The van der Waals surface area contributed by atoms with Gasteiger partial charge in [0.2, 0.25) is 0 Å². The Morgan fingerprint density at radius 2 is 2.08 bits per heavy atom. The standard InChI is InChI=1S/C10H8OS/c12-10-2-1-6-3-7-4-8(7)5-9(6)11-10/h1-3,5,7-8H,4H2. The quantitative estimate of drug-likeness (QED) is 0.551. The van der Waals surface area contributed by atoms with Gasteiger partial charge in [0.25, 0.3) is 0 Å². The minimum absolute atomic E-state index is 0.581. The summed E-state index contributed by atoms with van der Waals surface area (Å²) in [5.41, 5.74) is 0.973. The largest absolute Gasteiger partial charge is 0.446 e. The van der Waals surface area contributed by atoms with E-state index in [0.29, 0.717) is 4.71 Å². The molecule has 1 aromatic heterocycles. The molecule has 0 bridgehead atoms. The molecule has 0 aromatic carbocycles. The summed E-state index contributed by atoms with van der Waals surface area (Å²) < 4.78 is 6.01. The zero-order chi connectivity index (χ0) is 8.13. The summed E-state index contributed by atoms with van der Waals surface area (Å²) in [6.07, 6.45) is 5.78. The molecule has 0 spiro atoms. The van der Waals surface area contributed by atoms with Crippen molar-refractivity contribution in [2.75, 3.05) is 0 Å². The zero-order valence-corrected chi connectivity index (χ0v) is 7.30. The highest BCUT2D eigenvalue weighted by atomic mass is 32.1. The van der Waals surface area contributed by atoms with Crippen molar-refractivity contribution in [3.8, 4) is 0 Å². The van der Waals surface area contributed by atoms with E-state index >= 15 is 0 Å². The molecule has 1 nitrogen and oxygen atoms in total. The topological polar surface area (TPSA) is 13.1 Å². The van der Waals surface area contributed by atoms with Gasteiger partial charge in [-0.25, -0.2) is 0 Å². The summed E-state index contributed by atoms with van der Waals surface area (Å²) in [5, 5.41) is 1.21. The first-order chi connectivity index (χ1) is 5.83. The maximum atomic E-state index is 5.42. The van der Waals surface area contributed by atoms with E-state index in [1.165, 1.54) is 11.6 Å². The average Bonchev–Trinajstić information content (AvgIpc) is 2.77. The second kappa shape index (κ2) is 2.07. The molecule has 0 aliphatic heterocycles. The van der Waals surface area contributed by atoms with Crippen LogP contribution in [0.2, 0.25) is 0 Å². The minimum atomic E-state index is 0.581. The second-order valence-electron chi connectivity index (χ2n) is 3.47. The van der Waals surface area contributed by atoms with E-state index in [1.807, 2.05) is 12.1 Å².